The molecule has 1 aromatic rings. The number of aliphatic hydroxyl groups is 5. The Morgan fingerprint density at radius 2 is 1.77 bits per heavy atom. The Hall–Kier alpha value is -1.55. The number of hydrogen-bond donors (Lipinski definition) is 5. The van der Waals surface area contributed by atoms with Crippen molar-refractivity contribution in [3.05, 3.63) is 35.9 Å². The highest BCUT2D eigenvalue weighted by atomic mass is 16.7. The molecule has 1 saturated heterocycles. The molecule has 8 nitrogen and oxygen atoms in total. The Morgan fingerprint density at radius 1 is 1.14 bits per heavy atom. The molecule has 1 aromatic carbocycles. The number of carbonyl (C=O) groups excluding carboxylic acids is 1. The topological polar surface area (TPSA) is 137 Å². The third kappa shape index (κ3) is 3.43. The van der Waals surface area contributed by atoms with Crippen LogP contribution in [0.4, 0.5) is 0 Å². The third-order valence-corrected chi connectivity index (χ3v) is 3.42. The van der Waals surface area contributed by atoms with Gasteiger partial charge in [0.05, 0.1) is 6.61 Å². The lowest BCUT2D eigenvalue weighted by Gasteiger charge is -2.39. The largest absolute Gasteiger partial charge is 0.431 e. The van der Waals surface area contributed by atoms with Crippen LogP contribution in [-0.4, -0.2) is 68.8 Å². The van der Waals surface area contributed by atoms with Crippen LogP contribution < -0.4 is 0 Å². The van der Waals surface area contributed by atoms with Crippen molar-refractivity contribution in [2.24, 2.45) is 0 Å². The van der Waals surface area contributed by atoms with Gasteiger partial charge in [0.15, 0.2) is 6.10 Å². The Morgan fingerprint density at radius 3 is 2.36 bits per heavy atom. The summed E-state index contributed by atoms with van der Waals surface area (Å²) in [7, 11) is 0. The first kappa shape index (κ1) is 16.8. The molecule has 1 fully saturated rings. The molecule has 1 aliphatic heterocycles. The predicted molar refractivity (Wildman–Crippen MR) is 71.3 cm³/mol. The summed E-state index contributed by atoms with van der Waals surface area (Å²) >= 11 is 0. The molecule has 0 aromatic heterocycles. The van der Waals surface area contributed by atoms with Gasteiger partial charge in [0, 0.05) is 0 Å². The minimum absolute atomic E-state index is 0.289. The summed E-state index contributed by atoms with van der Waals surface area (Å²) in [4.78, 5) is 11.9. The van der Waals surface area contributed by atoms with Crippen LogP contribution in [0.3, 0.4) is 0 Å². The van der Waals surface area contributed by atoms with Crippen LogP contribution in [0, 0.1) is 0 Å². The average Bonchev–Trinajstić information content (AvgIpc) is 2.55. The van der Waals surface area contributed by atoms with Gasteiger partial charge in [-0.2, -0.15) is 0 Å². The number of benzene rings is 1. The van der Waals surface area contributed by atoms with Crippen molar-refractivity contribution in [1.29, 1.82) is 0 Å². The maximum absolute atomic E-state index is 11.9. The Kier molecular flexibility index (Phi) is 5.46. The molecule has 0 saturated carbocycles. The first-order chi connectivity index (χ1) is 10.5. The fraction of sp³-hybridized carbons (Fsp3) is 0.500. The quantitative estimate of drug-likeness (QED) is 0.405. The second-order valence-corrected chi connectivity index (χ2v) is 4.95. The van der Waals surface area contributed by atoms with Crippen LogP contribution in [0.2, 0.25) is 0 Å². The van der Waals surface area contributed by atoms with Crippen LogP contribution in [0.15, 0.2) is 30.3 Å². The van der Waals surface area contributed by atoms with E-state index in [9.17, 15) is 25.2 Å². The average molecular weight is 314 g/mol. The molecule has 0 amide bonds. The van der Waals surface area contributed by atoms with E-state index < -0.39 is 49.4 Å². The zero-order valence-corrected chi connectivity index (χ0v) is 11.5. The first-order valence-corrected chi connectivity index (χ1v) is 6.69. The molecule has 6 atom stereocenters. The van der Waals surface area contributed by atoms with Crippen molar-refractivity contribution in [2.75, 3.05) is 6.61 Å². The highest BCUT2D eigenvalue weighted by Gasteiger charge is 2.45. The molecule has 122 valence electrons. The summed E-state index contributed by atoms with van der Waals surface area (Å²) < 4.78 is 9.85. The molecule has 22 heavy (non-hydrogen) atoms. The van der Waals surface area contributed by atoms with E-state index in [1.807, 2.05) is 0 Å². The van der Waals surface area contributed by atoms with Crippen molar-refractivity contribution in [3.8, 4) is 0 Å². The predicted octanol–water partition coefficient (Wildman–Crippen LogP) is -1.94. The van der Waals surface area contributed by atoms with Gasteiger partial charge < -0.3 is 35.0 Å². The summed E-state index contributed by atoms with van der Waals surface area (Å²) in [5.41, 5.74) is 0.289. The molecule has 1 heterocycles. The van der Waals surface area contributed by atoms with E-state index in [0.29, 0.717) is 0 Å². The van der Waals surface area contributed by atoms with Gasteiger partial charge >= 0.3 is 5.97 Å². The minimum Gasteiger partial charge on any atom is -0.431 e. The van der Waals surface area contributed by atoms with E-state index in [2.05, 4.69) is 0 Å². The lowest BCUT2D eigenvalue weighted by Crippen LogP contribution is -2.59. The standard InChI is InChI=1S/C14H18O8/c15-6-8-10(17)11(18)12(19)14(21-8)22-13(20)9(16)7-4-2-1-3-5-7/h1-5,8-12,14-19H,6H2/t8-,9?,10-,11+,12-,14-/m1/s1. The number of aliphatic hydroxyl groups excluding tert-OH is 5. The SMILES string of the molecule is O=C(O[C@H]1O[C@H](CO)[C@@H](O)[C@H](O)[C@H]1O)C(O)c1ccccc1. The van der Waals surface area contributed by atoms with Crippen LogP contribution in [0.5, 0.6) is 0 Å². The van der Waals surface area contributed by atoms with Gasteiger partial charge in [-0.05, 0) is 5.56 Å². The summed E-state index contributed by atoms with van der Waals surface area (Å²) in [6.45, 7) is -0.639. The molecule has 2 rings (SSSR count). The van der Waals surface area contributed by atoms with E-state index in [1.54, 1.807) is 18.2 Å². The molecule has 0 radical (unpaired) electrons. The van der Waals surface area contributed by atoms with E-state index in [0.717, 1.165) is 0 Å². The fourth-order valence-electron chi connectivity index (χ4n) is 2.12. The van der Waals surface area contributed by atoms with Crippen molar-refractivity contribution in [1.82, 2.24) is 0 Å². The number of esters is 1. The summed E-state index contributed by atoms with van der Waals surface area (Å²) in [5.74, 6) is -1.09. The molecule has 0 aliphatic carbocycles. The normalized spacial score (nSPS) is 33.2. The monoisotopic (exact) mass is 314 g/mol. The smallest absolute Gasteiger partial charge is 0.342 e. The third-order valence-electron chi connectivity index (χ3n) is 3.42. The molecule has 1 unspecified atom stereocenters. The molecular formula is C14H18O8. The van der Waals surface area contributed by atoms with E-state index in [1.165, 1.54) is 12.1 Å². The van der Waals surface area contributed by atoms with Gasteiger partial charge in [0.2, 0.25) is 6.29 Å². The highest BCUT2D eigenvalue weighted by molar-refractivity contribution is 5.76. The Bertz CT molecular complexity index is 491. The van der Waals surface area contributed by atoms with Gasteiger partial charge in [0.1, 0.15) is 24.4 Å². The number of ether oxygens (including phenoxy) is 2. The Balaban J connectivity index is 2.04. The van der Waals surface area contributed by atoms with Crippen molar-refractivity contribution in [3.63, 3.8) is 0 Å². The van der Waals surface area contributed by atoms with E-state index in [-0.39, 0.29) is 5.56 Å². The lowest BCUT2D eigenvalue weighted by molar-refractivity contribution is -0.294. The molecule has 0 spiro atoms. The first-order valence-electron chi connectivity index (χ1n) is 6.69. The van der Waals surface area contributed by atoms with Gasteiger partial charge in [0.25, 0.3) is 0 Å². The number of rotatable bonds is 4. The summed E-state index contributed by atoms with van der Waals surface area (Å²) in [6, 6.07) is 7.98. The summed E-state index contributed by atoms with van der Waals surface area (Å²) in [6.07, 6.45) is -9.30. The minimum atomic E-state index is -1.70. The van der Waals surface area contributed by atoms with Gasteiger partial charge in [-0.25, -0.2) is 4.79 Å². The second kappa shape index (κ2) is 7.14. The fourth-order valence-corrected chi connectivity index (χ4v) is 2.12. The van der Waals surface area contributed by atoms with Gasteiger partial charge in [-0.1, -0.05) is 30.3 Å². The van der Waals surface area contributed by atoms with Gasteiger partial charge in [-0.3, -0.25) is 0 Å². The van der Waals surface area contributed by atoms with Crippen molar-refractivity contribution in [2.45, 2.75) is 36.8 Å². The van der Waals surface area contributed by atoms with Crippen LogP contribution in [0.1, 0.15) is 11.7 Å². The van der Waals surface area contributed by atoms with Crippen LogP contribution in [-0.2, 0) is 14.3 Å². The molecule has 1 aliphatic rings. The maximum Gasteiger partial charge on any atom is 0.342 e. The summed E-state index contributed by atoms with van der Waals surface area (Å²) in [5, 5.41) is 47.9. The van der Waals surface area contributed by atoms with E-state index >= 15 is 0 Å². The number of carbonyl (C=O) groups is 1. The highest BCUT2D eigenvalue weighted by Crippen LogP contribution is 2.24. The van der Waals surface area contributed by atoms with Gasteiger partial charge in [-0.15, -0.1) is 0 Å². The lowest BCUT2D eigenvalue weighted by atomic mass is 9.99. The second-order valence-electron chi connectivity index (χ2n) is 4.95. The molecule has 8 heteroatoms. The zero-order chi connectivity index (χ0) is 16.3. The number of hydrogen-bond acceptors (Lipinski definition) is 8. The van der Waals surface area contributed by atoms with E-state index in [4.69, 9.17) is 14.6 Å². The maximum atomic E-state index is 11.9. The van der Waals surface area contributed by atoms with Crippen molar-refractivity contribution >= 4 is 5.97 Å². The Labute approximate surface area is 126 Å². The molecular weight excluding hydrogens is 296 g/mol. The van der Waals surface area contributed by atoms with Crippen molar-refractivity contribution < 1.29 is 39.8 Å². The zero-order valence-electron chi connectivity index (χ0n) is 11.5. The molecule has 5 N–H and O–H groups in total. The van der Waals surface area contributed by atoms with Crippen LogP contribution in [0.25, 0.3) is 0 Å². The molecule has 0 bridgehead atoms. The van der Waals surface area contributed by atoms with Crippen LogP contribution >= 0.6 is 0 Å².